The van der Waals surface area contributed by atoms with Crippen LogP contribution in [0.5, 0.6) is 0 Å². The van der Waals surface area contributed by atoms with Crippen LogP contribution >= 0.6 is 0 Å². The van der Waals surface area contributed by atoms with E-state index in [0.29, 0.717) is 0 Å². The Kier molecular flexibility index (Phi) is 7.32. The summed E-state index contributed by atoms with van der Waals surface area (Å²) in [7, 11) is -2.11. The van der Waals surface area contributed by atoms with E-state index < -0.39 is 7.32 Å². The summed E-state index contributed by atoms with van der Waals surface area (Å²) in [5.74, 6) is 0. The van der Waals surface area contributed by atoms with E-state index in [0.717, 1.165) is 16.4 Å². The highest BCUT2D eigenvalue weighted by molar-refractivity contribution is 6.27. The first kappa shape index (κ1) is 10.1. The molecule has 0 atom stereocenters. The van der Waals surface area contributed by atoms with E-state index in [2.05, 4.69) is 0 Å². The Balaban J connectivity index is 0.000000180. The maximum absolute atomic E-state index is 8.42. The summed E-state index contributed by atoms with van der Waals surface area (Å²) in [5.41, 5.74) is 0. The van der Waals surface area contributed by atoms with Crippen LogP contribution < -0.4 is 15.1 Å². The molecule has 1 saturated heterocycles. The van der Waals surface area contributed by atoms with Crippen molar-refractivity contribution in [2.24, 2.45) is 0 Å². The predicted octanol–water partition coefficient (Wildman–Crippen LogP) is -3.11. The van der Waals surface area contributed by atoms with Crippen LogP contribution in [-0.2, 0) is 4.43 Å². The van der Waals surface area contributed by atoms with E-state index in [4.69, 9.17) is 19.5 Å². The third-order valence-electron chi connectivity index (χ3n) is 0.877. The van der Waals surface area contributed by atoms with Crippen molar-refractivity contribution >= 4 is 17.1 Å². The van der Waals surface area contributed by atoms with Gasteiger partial charge in [-0.2, -0.15) is 0 Å². The van der Waals surface area contributed by atoms with Crippen molar-refractivity contribution in [1.29, 1.82) is 0 Å². The van der Waals surface area contributed by atoms with E-state index in [1.54, 1.807) is 0 Å². The summed E-state index contributed by atoms with van der Waals surface area (Å²) in [4.78, 5) is 0. The normalized spacial score (nSPS) is 17.1. The molecule has 6 heteroatoms. The van der Waals surface area contributed by atoms with Gasteiger partial charge in [0.25, 0.3) is 0 Å². The van der Waals surface area contributed by atoms with Gasteiger partial charge >= 0.3 is 0 Å². The fourth-order valence-corrected chi connectivity index (χ4v) is 1.34. The zero-order chi connectivity index (χ0) is 7.82. The summed E-state index contributed by atoms with van der Waals surface area (Å²) < 4.78 is 5.10. The summed E-state index contributed by atoms with van der Waals surface area (Å²) in [6.07, 6.45) is 2.67. The molecule has 0 aliphatic carbocycles. The van der Waals surface area contributed by atoms with Crippen molar-refractivity contribution in [2.45, 2.75) is 18.9 Å². The van der Waals surface area contributed by atoms with Crippen LogP contribution in [-0.4, -0.2) is 23.7 Å². The molecular formula is C4H8BO4Si-3. The van der Waals surface area contributed by atoms with Gasteiger partial charge in [-0.05, 0) is 12.5 Å². The highest BCUT2D eigenvalue weighted by Gasteiger charge is 1.97. The van der Waals surface area contributed by atoms with Crippen LogP contribution in [0.15, 0.2) is 0 Å². The van der Waals surface area contributed by atoms with Crippen molar-refractivity contribution in [3.8, 4) is 0 Å². The fraction of sp³-hybridized carbons (Fsp3) is 1.00. The molecule has 0 N–H and O–H groups in total. The molecule has 0 amide bonds. The van der Waals surface area contributed by atoms with Gasteiger partial charge in [-0.25, -0.2) is 0 Å². The molecule has 0 aromatic carbocycles. The molecule has 4 nitrogen and oxygen atoms in total. The molecule has 0 spiro atoms. The smallest absolute Gasteiger partial charge is 0.229 e. The highest BCUT2D eigenvalue weighted by atomic mass is 28.2. The van der Waals surface area contributed by atoms with Gasteiger partial charge in [0.05, 0.1) is 0 Å². The third kappa shape index (κ3) is 11.0. The monoisotopic (exact) mass is 159 g/mol. The van der Waals surface area contributed by atoms with Crippen LogP contribution in [0.3, 0.4) is 0 Å². The summed E-state index contributed by atoms with van der Waals surface area (Å²) >= 11 is 0. The summed E-state index contributed by atoms with van der Waals surface area (Å²) in [5, 5.41) is 25.2. The molecule has 58 valence electrons. The Morgan fingerprint density at radius 1 is 1.20 bits per heavy atom. The molecule has 0 saturated carbocycles. The molecule has 0 aromatic rings. The largest absolute Gasteiger partial charge is 0.907 e. The lowest BCUT2D eigenvalue weighted by molar-refractivity contribution is -0.479. The fourth-order valence-electron chi connectivity index (χ4n) is 0.516. The quantitative estimate of drug-likeness (QED) is 0.350. The average Bonchev–Trinajstić information content (AvgIpc) is 1.90. The number of hydrogen-bond donors (Lipinski definition) is 0. The summed E-state index contributed by atoms with van der Waals surface area (Å²) in [6.45, 7) is 1.01. The lowest BCUT2D eigenvalue weighted by Gasteiger charge is -2.35. The van der Waals surface area contributed by atoms with Crippen molar-refractivity contribution in [3.05, 3.63) is 0 Å². The molecule has 0 aromatic heterocycles. The van der Waals surface area contributed by atoms with Crippen molar-refractivity contribution in [3.63, 3.8) is 0 Å². The number of hydrogen-bond acceptors (Lipinski definition) is 4. The Labute approximate surface area is 63.0 Å². The van der Waals surface area contributed by atoms with E-state index in [1.165, 1.54) is 18.9 Å². The standard InChI is InChI=1S/C4H8OSi.BO3/c1-2-4-6-5-3-1;2-1(3)4/h1-4H2;/q;-3. The summed E-state index contributed by atoms with van der Waals surface area (Å²) in [6, 6.07) is 1.31. The lowest BCUT2D eigenvalue weighted by Crippen LogP contribution is -2.56. The molecule has 10 heavy (non-hydrogen) atoms. The van der Waals surface area contributed by atoms with Gasteiger partial charge in [0.2, 0.25) is 9.76 Å². The predicted molar refractivity (Wildman–Crippen MR) is 31.5 cm³/mol. The zero-order valence-corrected chi connectivity index (χ0v) is 6.54. The third-order valence-corrected chi connectivity index (χ3v) is 1.84. The van der Waals surface area contributed by atoms with Crippen molar-refractivity contribution in [1.82, 2.24) is 0 Å². The average molecular weight is 159 g/mol. The van der Waals surface area contributed by atoms with Crippen LogP contribution in [0.2, 0.25) is 6.04 Å². The molecule has 0 bridgehead atoms. The first-order chi connectivity index (χ1) is 4.73. The van der Waals surface area contributed by atoms with Gasteiger partial charge in [0, 0.05) is 6.61 Å². The first-order valence-corrected chi connectivity index (χ1v) is 4.17. The van der Waals surface area contributed by atoms with Crippen molar-refractivity contribution in [2.75, 3.05) is 6.61 Å². The van der Waals surface area contributed by atoms with E-state index >= 15 is 0 Å². The Morgan fingerprint density at radius 2 is 1.80 bits per heavy atom. The van der Waals surface area contributed by atoms with Crippen LogP contribution in [0.1, 0.15) is 12.8 Å². The van der Waals surface area contributed by atoms with E-state index in [1.807, 2.05) is 0 Å². The molecule has 1 heterocycles. The maximum atomic E-state index is 8.42. The highest BCUT2D eigenvalue weighted by Crippen LogP contribution is 2.01. The maximum Gasteiger partial charge on any atom is 0.229 e. The van der Waals surface area contributed by atoms with Crippen molar-refractivity contribution < 1.29 is 19.5 Å². The zero-order valence-electron chi connectivity index (χ0n) is 5.54. The lowest BCUT2D eigenvalue weighted by atomic mass is 10.3. The minimum absolute atomic E-state index is 0.802. The molecule has 1 aliphatic heterocycles. The van der Waals surface area contributed by atoms with Gasteiger partial charge < -0.3 is 19.5 Å². The molecular weight excluding hydrogens is 151 g/mol. The van der Waals surface area contributed by atoms with Gasteiger partial charge in [-0.1, -0.05) is 6.42 Å². The molecule has 1 rings (SSSR count). The van der Waals surface area contributed by atoms with Gasteiger partial charge in [0.1, 0.15) is 0 Å². The van der Waals surface area contributed by atoms with Gasteiger partial charge in [-0.3, -0.25) is 7.32 Å². The van der Waals surface area contributed by atoms with Crippen LogP contribution in [0, 0.1) is 0 Å². The topological polar surface area (TPSA) is 78.4 Å². The molecule has 1 fully saturated rings. The second kappa shape index (κ2) is 7.23. The van der Waals surface area contributed by atoms with Gasteiger partial charge in [0.15, 0.2) is 0 Å². The molecule has 2 radical (unpaired) electrons. The van der Waals surface area contributed by atoms with Crippen LogP contribution in [0.4, 0.5) is 0 Å². The second-order valence-electron chi connectivity index (χ2n) is 1.74. The van der Waals surface area contributed by atoms with E-state index in [-0.39, 0.29) is 0 Å². The molecule has 1 aliphatic rings. The Morgan fingerprint density at radius 3 is 1.90 bits per heavy atom. The Bertz CT molecular complexity index is 54.0. The first-order valence-electron chi connectivity index (χ1n) is 3.05. The van der Waals surface area contributed by atoms with E-state index in [9.17, 15) is 0 Å². The van der Waals surface area contributed by atoms with Gasteiger partial charge in [-0.15, -0.1) is 0 Å². The second-order valence-corrected chi connectivity index (χ2v) is 2.82. The minimum atomic E-state index is -2.92. The minimum Gasteiger partial charge on any atom is -0.907 e. The molecule has 0 unspecified atom stereocenters. The Hall–Kier alpha value is 0.122. The number of rotatable bonds is 0. The van der Waals surface area contributed by atoms with Crippen LogP contribution in [0.25, 0.3) is 0 Å². The SMILES string of the molecule is C1CC[Si]OC1.[O-]B([O-])[O-].